The van der Waals surface area contributed by atoms with Crippen molar-refractivity contribution in [2.75, 3.05) is 11.9 Å². The Kier molecular flexibility index (Phi) is 8.25. The fraction of sp³-hybridized carbons (Fsp3) is 0.176. The Labute approximate surface area is 181 Å². The van der Waals surface area contributed by atoms with Gasteiger partial charge in [-0.1, -0.05) is 34.8 Å². The Balaban J connectivity index is 1.78. The first-order valence-corrected chi connectivity index (χ1v) is 9.43. The summed E-state index contributed by atoms with van der Waals surface area (Å²) >= 11 is 22.6. The molecule has 2 aromatic carbocycles. The topological polar surface area (TPSA) is 93.5 Å². The Bertz CT molecular complexity index is 911. The van der Waals surface area contributed by atoms with Crippen LogP contribution in [0, 0.1) is 10.1 Å². The molecule has 2 aromatic rings. The predicted molar refractivity (Wildman–Crippen MR) is 114 cm³/mol. The molecule has 1 amide bonds. The summed E-state index contributed by atoms with van der Waals surface area (Å²) in [6.45, 7) is 0.262. The van der Waals surface area contributed by atoms with E-state index in [9.17, 15) is 14.9 Å². The van der Waals surface area contributed by atoms with Crippen LogP contribution in [0.1, 0.15) is 12.8 Å². The second kappa shape index (κ2) is 10.4. The quantitative estimate of drug-likeness (QED) is 0.253. The van der Waals surface area contributed by atoms with Crippen molar-refractivity contribution < 1.29 is 14.5 Å². The number of anilines is 1. The average molecular weight is 463 g/mol. The van der Waals surface area contributed by atoms with Crippen LogP contribution in [0.3, 0.4) is 0 Å². The lowest BCUT2D eigenvalue weighted by molar-refractivity contribution is -0.383. The van der Waals surface area contributed by atoms with E-state index in [1.165, 1.54) is 18.2 Å². The number of nitro benzene ring substituents is 1. The summed E-state index contributed by atoms with van der Waals surface area (Å²) in [5.74, 6) is 0.110. The maximum absolute atomic E-state index is 11.9. The van der Waals surface area contributed by atoms with E-state index in [-0.39, 0.29) is 40.4 Å². The molecule has 0 atom stereocenters. The zero-order valence-electron chi connectivity index (χ0n) is 14.2. The van der Waals surface area contributed by atoms with Crippen LogP contribution in [-0.2, 0) is 4.79 Å². The highest BCUT2D eigenvalue weighted by atomic mass is 35.5. The first kappa shape index (κ1) is 22.2. The number of halogens is 3. The number of carbonyl (C=O) groups excluding carboxylic acids is 1. The van der Waals surface area contributed by atoms with Crippen molar-refractivity contribution in [3.63, 3.8) is 0 Å². The van der Waals surface area contributed by atoms with E-state index in [2.05, 4.69) is 10.6 Å². The number of rotatable bonds is 7. The van der Waals surface area contributed by atoms with Gasteiger partial charge in [-0.25, -0.2) is 0 Å². The van der Waals surface area contributed by atoms with Crippen molar-refractivity contribution in [2.45, 2.75) is 12.8 Å². The molecular weight excluding hydrogens is 449 g/mol. The van der Waals surface area contributed by atoms with Crippen LogP contribution in [-0.4, -0.2) is 22.5 Å². The van der Waals surface area contributed by atoms with E-state index in [0.717, 1.165) is 0 Å². The number of carbonyl (C=O) groups is 1. The summed E-state index contributed by atoms with van der Waals surface area (Å²) in [4.78, 5) is 22.4. The lowest BCUT2D eigenvalue weighted by atomic mass is 10.2. The normalized spacial score (nSPS) is 10.2. The number of thiocarbonyl (C=S) groups is 1. The van der Waals surface area contributed by atoms with E-state index in [1.807, 2.05) is 0 Å². The van der Waals surface area contributed by atoms with Gasteiger partial charge in [0.15, 0.2) is 5.11 Å². The van der Waals surface area contributed by atoms with Crippen LogP contribution in [0.15, 0.2) is 36.4 Å². The summed E-state index contributed by atoms with van der Waals surface area (Å²) in [6, 6.07) is 8.92. The largest absolute Gasteiger partial charge is 0.492 e. The van der Waals surface area contributed by atoms with Gasteiger partial charge in [0.25, 0.3) is 5.69 Å². The molecule has 0 aromatic heterocycles. The Hall–Kier alpha value is -2.13. The number of nitrogens with zero attached hydrogens (tertiary/aromatic N) is 1. The summed E-state index contributed by atoms with van der Waals surface area (Å²) in [5, 5.41) is 17.2. The molecule has 0 spiro atoms. The van der Waals surface area contributed by atoms with Crippen LogP contribution in [0.4, 0.5) is 11.4 Å². The second-order valence-electron chi connectivity index (χ2n) is 5.45. The highest BCUT2D eigenvalue weighted by Gasteiger charge is 2.16. The number of amides is 1. The first-order chi connectivity index (χ1) is 13.3. The molecule has 148 valence electrons. The van der Waals surface area contributed by atoms with Crippen LogP contribution in [0.25, 0.3) is 0 Å². The number of hydrogen-bond donors (Lipinski definition) is 2. The van der Waals surface area contributed by atoms with Gasteiger partial charge in [0, 0.05) is 22.5 Å². The molecule has 0 unspecified atom stereocenters. The van der Waals surface area contributed by atoms with Crippen molar-refractivity contribution in [1.82, 2.24) is 5.32 Å². The van der Waals surface area contributed by atoms with E-state index >= 15 is 0 Å². The lowest BCUT2D eigenvalue weighted by Gasteiger charge is -2.11. The molecule has 0 aliphatic heterocycles. The van der Waals surface area contributed by atoms with Crippen molar-refractivity contribution in [1.29, 1.82) is 0 Å². The first-order valence-electron chi connectivity index (χ1n) is 7.89. The minimum absolute atomic E-state index is 0.0583. The number of ether oxygens (including phenoxy) is 1. The van der Waals surface area contributed by atoms with E-state index in [0.29, 0.717) is 22.2 Å². The number of nitrogens with one attached hydrogen (secondary N) is 2. The molecule has 2 N–H and O–H groups in total. The van der Waals surface area contributed by atoms with Crippen LogP contribution in [0.2, 0.25) is 15.1 Å². The average Bonchev–Trinajstić information content (AvgIpc) is 2.61. The van der Waals surface area contributed by atoms with Gasteiger partial charge in [0.05, 0.1) is 16.6 Å². The molecule has 0 heterocycles. The number of nitro groups is 1. The predicted octanol–water partition coefficient (Wildman–Crippen LogP) is 5.23. The minimum atomic E-state index is -0.599. The molecule has 0 saturated carbocycles. The van der Waals surface area contributed by atoms with Crippen molar-refractivity contribution >= 4 is 69.4 Å². The summed E-state index contributed by atoms with van der Waals surface area (Å²) in [5.41, 5.74) is -0.127. The van der Waals surface area contributed by atoms with E-state index in [1.54, 1.807) is 18.2 Å². The van der Waals surface area contributed by atoms with E-state index < -0.39 is 4.92 Å². The van der Waals surface area contributed by atoms with Gasteiger partial charge in [-0.15, -0.1) is 0 Å². The number of hydrogen-bond acceptors (Lipinski definition) is 5. The van der Waals surface area contributed by atoms with Gasteiger partial charge in [-0.3, -0.25) is 14.9 Å². The van der Waals surface area contributed by atoms with Gasteiger partial charge in [-0.2, -0.15) is 0 Å². The standard InChI is InChI=1S/C17H14Cl3N3O4S/c18-10-4-6-15(12(20)8-10)27-7-1-2-16(24)22-17(28)21-13-5-3-11(19)9-14(13)23(25)26/h3-6,8-9H,1-2,7H2,(H2,21,22,24,28). The van der Waals surface area contributed by atoms with Crippen molar-refractivity contribution in [3.05, 3.63) is 61.6 Å². The molecule has 0 aliphatic rings. The van der Waals surface area contributed by atoms with Crippen LogP contribution < -0.4 is 15.4 Å². The molecule has 7 nitrogen and oxygen atoms in total. The van der Waals surface area contributed by atoms with E-state index in [4.69, 9.17) is 51.8 Å². The minimum Gasteiger partial charge on any atom is -0.492 e. The smallest absolute Gasteiger partial charge is 0.294 e. The van der Waals surface area contributed by atoms with Gasteiger partial charge in [-0.05, 0) is 49.0 Å². The highest BCUT2D eigenvalue weighted by Crippen LogP contribution is 2.28. The maximum Gasteiger partial charge on any atom is 0.294 e. The molecule has 0 radical (unpaired) electrons. The summed E-state index contributed by atoms with van der Waals surface area (Å²) < 4.78 is 5.49. The van der Waals surface area contributed by atoms with Gasteiger partial charge >= 0.3 is 0 Å². The van der Waals surface area contributed by atoms with Crippen molar-refractivity contribution in [2.24, 2.45) is 0 Å². The zero-order chi connectivity index (χ0) is 20.7. The second-order valence-corrected chi connectivity index (χ2v) is 7.14. The third-order valence-electron chi connectivity index (χ3n) is 3.36. The Morgan fingerprint density at radius 3 is 2.50 bits per heavy atom. The maximum atomic E-state index is 11.9. The summed E-state index contributed by atoms with van der Waals surface area (Å²) in [6.07, 6.45) is 0.546. The molecule has 0 bridgehead atoms. The molecule has 11 heteroatoms. The molecule has 28 heavy (non-hydrogen) atoms. The molecule has 0 fully saturated rings. The Morgan fingerprint density at radius 2 is 1.82 bits per heavy atom. The monoisotopic (exact) mass is 461 g/mol. The van der Waals surface area contributed by atoms with Crippen LogP contribution >= 0.6 is 47.0 Å². The van der Waals surface area contributed by atoms with Crippen LogP contribution in [0.5, 0.6) is 5.75 Å². The third kappa shape index (κ3) is 6.79. The van der Waals surface area contributed by atoms with Crippen molar-refractivity contribution in [3.8, 4) is 5.75 Å². The highest BCUT2D eigenvalue weighted by molar-refractivity contribution is 7.80. The van der Waals surface area contributed by atoms with Gasteiger partial charge in [0.2, 0.25) is 5.91 Å². The molecule has 0 aliphatic carbocycles. The molecule has 0 saturated heterocycles. The number of benzene rings is 2. The fourth-order valence-corrected chi connectivity index (χ4v) is 2.96. The molecule has 2 rings (SSSR count). The van der Waals surface area contributed by atoms with Gasteiger partial charge in [0.1, 0.15) is 11.4 Å². The third-order valence-corrected chi connectivity index (χ3v) is 4.33. The zero-order valence-corrected chi connectivity index (χ0v) is 17.3. The Morgan fingerprint density at radius 1 is 1.14 bits per heavy atom. The fourth-order valence-electron chi connectivity index (χ4n) is 2.11. The lowest BCUT2D eigenvalue weighted by Crippen LogP contribution is -2.34. The summed E-state index contributed by atoms with van der Waals surface area (Å²) in [7, 11) is 0. The van der Waals surface area contributed by atoms with Gasteiger partial charge < -0.3 is 15.4 Å². The molecular formula is C17H14Cl3N3O4S. The SMILES string of the molecule is O=C(CCCOc1ccc(Cl)cc1Cl)NC(=S)Nc1ccc(Cl)cc1[N+](=O)[O-].